The predicted molar refractivity (Wildman–Crippen MR) is 135 cm³/mol. The molecule has 0 aromatic heterocycles. The van der Waals surface area contributed by atoms with Crippen LogP contribution in [0.4, 0.5) is 17.1 Å². The lowest BCUT2D eigenvalue weighted by atomic mass is 10.1. The molecular formula is C27H24ClN3O3. The lowest BCUT2D eigenvalue weighted by molar-refractivity contribution is -0.120. The van der Waals surface area contributed by atoms with Crippen LogP contribution in [0.1, 0.15) is 32.6 Å². The first-order valence-electron chi connectivity index (χ1n) is 10.8. The average Bonchev–Trinajstić information content (AvgIpc) is 3.01. The minimum atomic E-state index is -0.582. The van der Waals surface area contributed by atoms with Gasteiger partial charge in [-0.25, -0.2) is 4.90 Å². The molecule has 0 atom stereocenters. The number of imide groups is 1. The van der Waals surface area contributed by atoms with Gasteiger partial charge in [-0.3, -0.25) is 14.4 Å². The molecule has 0 saturated heterocycles. The zero-order valence-electron chi connectivity index (χ0n) is 19.3. The zero-order chi connectivity index (χ0) is 24.6. The molecule has 3 amide bonds. The Bertz CT molecular complexity index is 1360. The van der Waals surface area contributed by atoms with E-state index in [0.29, 0.717) is 16.9 Å². The number of aryl methyl sites for hydroxylation is 4. The summed E-state index contributed by atoms with van der Waals surface area (Å²) in [4.78, 5) is 39.4. The molecule has 4 rings (SSSR count). The molecule has 0 unspecified atom stereocenters. The summed E-state index contributed by atoms with van der Waals surface area (Å²) in [5.41, 5.74) is 6.31. The number of rotatable bonds is 5. The molecule has 1 aliphatic heterocycles. The molecule has 3 aromatic rings. The number of nitrogens with one attached hydrogen (secondary N) is 2. The largest absolute Gasteiger partial charge is 0.350 e. The van der Waals surface area contributed by atoms with E-state index in [1.807, 2.05) is 52.0 Å². The fourth-order valence-electron chi connectivity index (χ4n) is 3.71. The quantitative estimate of drug-likeness (QED) is 0.472. The van der Waals surface area contributed by atoms with Crippen molar-refractivity contribution >= 4 is 46.4 Å². The van der Waals surface area contributed by atoms with E-state index < -0.39 is 11.8 Å². The van der Waals surface area contributed by atoms with Gasteiger partial charge in [0.25, 0.3) is 17.7 Å². The van der Waals surface area contributed by atoms with Gasteiger partial charge in [0.1, 0.15) is 10.7 Å². The summed E-state index contributed by atoms with van der Waals surface area (Å²) >= 11 is 6.23. The maximum Gasteiger partial charge on any atom is 0.283 e. The third kappa shape index (κ3) is 4.45. The monoisotopic (exact) mass is 473 g/mol. The van der Waals surface area contributed by atoms with Crippen molar-refractivity contribution in [3.05, 3.63) is 99.2 Å². The summed E-state index contributed by atoms with van der Waals surface area (Å²) in [6.45, 7) is 7.80. The second-order valence-corrected chi connectivity index (χ2v) is 8.76. The van der Waals surface area contributed by atoms with E-state index in [2.05, 4.69) is 10.6 Å². The fourth-order valence-corrected chi connectivity index (χ4v) is 3.92. The van der Waals surface area contributed by atoms with E-state index in [9.17, 15) is 14.4 Å². The molecule has 172 valence electrons. The SMILES string of the molecule is Cc1ccc(NC(=O)c2ccc(NC3=C(Cl)C(=O)N(c4ccc(C)c(C)c4)C3=O)cc2)c(C)c1. The minimum absolute atomic E-state index is 0.00243. The number of nitrogens with zero attached hydrogens (tertiary/aromatic N) is 1. The molecule has 0 aliphatic carbocycles. The van der Waals surface area contributed by atoms with E-state index in [4.69, 9.17) is 11.6 Å². The molecule has 0 fully saturated rings. The molecule has 34 heavy (non-hydrogen) atoms. The third-order valence-electron chi connectivity index (χ3n) is 5.82. The molecule has 0 bridgehead atoms. The molecule has 7 heteroatoms. The molecule has 0 saturated carbocycles. The first-order chi connectivity index (χ1) is 16.2. The molecule has 1 heterocycles. The van der Waals surface area contributed by atoms with Gasteiger partial charge >= 0.3 is 0 Å². The van der Waals surface area contributed by atoms with Crippen LogP contribution in [0.2, 0.25) is 0 Å². The van der Waals surface area contributed by atoms with Crippen molar-refractivity contribution < 1.29 is 14.4 Å². The van der Waals surface area contributed by atoms with Crippen LogP contribution in [0.5, 0.6) is 0 Å². The van der Waals surface area contributed by atoms with Gasteiger partial charge in [0.2, 0.25) is 0 Å². The van der Waals surface area contributed by atoms with Gasteiger partial charge in [0, 0.05) is 16.9 Å². The third-order valence-corrected chi connectivity index (χ3v) is 6.17. The predicted octanol–water partition coefficient (Wildman–Crippen LogP) is 5.61. The van der Waals surface area contributed by atoms with Crippen molar-refractivity contribution in [2.24, 2.45) is 0 Å². The lowest BCUT2D eigenvalue weighted by Gasteiger charge is -2.16. The van der Waals surface area contributed by atoms with Crippen molar-refractivity contribution in [2.45, 2.75) is 27.7 Å². The highest BCUT2D eigenvalue weighted by atomic mass is 35.5. The van der Waals surface area contributed by atoms with Gasteiger partial charge in [0.15, 0.2) is 0 Å². The Hall–Kier alpha value is -3.90. The summed E-state index contributed by atoms with van der Waals surface area (Å²) in [7, 11) is 0. The summed E-state index contributed by atoms with van der Waals surface area (Å²) in [6.07, 6.45) is 0. The highest BCUT2D eigenvalue weighted by Gasteiger charge is 2.39. The Morgan fingerprint density at radius 2 is 1.50 bits per heavy atom. The van der Waals surface area contributed by atoms with Crippen LogP contribution >= 0.6 is 11.6 Å². The Kier molecular flexibility index (Phi) is 6.26. The highest BCUT2D eigenvalue weighted by molar-refractivity contribution is 6.53. The van der Waals surface area contributed by atoms with Crippen molar-refractivity contribution in [1.29, 1.82) is 0 Å². The molecular weight excluding hydrogens is 450 g/mol. The first kappa shape index (κ1) is 23.3. The van der Waals surface area contributed by atoms with Crippen molar-refractivity contribution in [1.82, 2.24) is 0 Å². The summed E-state index contributed by atoms with van der Waals surface area (Å²) in [5, 5.41) is 5.65. The molecule has 2 N–H and O–H groups in total. The number of hydrogen-bond donors (Lipinski definition) is 2. The zero-order valence-corrected chi connectivity index (χ0v) is 20.1. The number of anilines is 3. The van der Waals surface area contributed by atoms with Gasteiger partial charge < -0.3 is 10.6 Å². The van der Waals surface area contributed by atoms with Crippen LogP contribution in [-0.4, -0.2) is 17.7 Å². The Labute approximate surface area is 203 Å². The number of carbonyl (C=O) groups is 3. The molecule has 6 nitrogen and oxygen atoms in total. The van der Waals surface area contributed by atoms with E-state index in [1.54, 1.807) is 36.4 Å². The Balaban J connectivity index is 1.49. The number of benzene rings is 3. The maximum atomic E-state index is 13.0. The van der Waals surface area contributed by atoms with Crippen LogP contribution in [0.15, 0.2) is 71.4 Å². The van der Waals surface area contributed by atoms with Crippen molar-refractivity contribution in [3.63, 3.8) is 0 Å². The van der Waals surface area contributed by atoms with E-state index >= 15 is 0 Å². The van der Waals surface area contributed by atoms with Gasteiger partial charge in [0.05, 0.1) is 5.69 Å². The fraction of sp³-hybridized carbons (Fsp3) is 0.148. The van der Waals surface area contributed by atoms with Gasteiger partial charge in [-0.15, -0.1) is 0 Å². The van der Waals surface area contributed by atoms with Gasteiger partial charge in [-0.05, 0) is 86.8 Å². The molecule has 0 radical (unpaired) electrons. The molecule has 1 aliphatic rings. The summed E-state index contributed by atoms with van der Waals surface area (Å²) in [6, 6.07) is 17.7. The van der Waals surface area contributed by atoms with E-state index in [0.717, 1.165) is 32.8 Å². The lowest BCUT2D eigenvalue weighted by Crippen LogP contribution is -2.32. The number of halogens is 1. The topological polar surface area (TPSA) is 78.5 Å². The highest BCUT2D eigenvalue weighted by Crippen LogP contribution is 2.31. The van der Waals surface area contributed by atoms with Gasteiger partial charge in [-0.2, -0.15) is 0 Å². The minimum Gasteiger partial charge on any atom is -0.350 e. The standard InChI is InChI=1S/C27H24ClN3O3/c1-15-5-12-22(18(4)13-15)30-25(32)19-7-9-20(10-8-19)29-24-23(28)26(33)31(27(24)34)21-11-6-16(2)17(3)14-21/h5-14,29H,1-4H3,(H,30,32). The summed E-state index contributed by atoms with van der Waals surface area (Å²) in [5.74, 6) is -1.36. The Morgan fingerprint density at radius 1 is 0.794 bits per heavy atom. The second-order valence-electron chi connectivity index (χ2n) is 8.38. The number of amides is 3. The smallest absolute Gasteiger partial charge is 0.283 e. The number of hydrogen-bond acceptors (Lipinski definition) is 4. The number of carbonyl (C=O) groups excluding carboxylic acids is 3. The normalized spacial score (nSPS) is 13.5. The van der Waals surface area contributed by atoms with Crippen LogP contribution < -0.4 is 15.5 Å². The molecule has 3 aromatic carbocycles. The maximum absolute atomic E-state index is 13.0. The average molecular weight is 474 g/mol. The van der Waals surface area contributed by atoms with Crippen LogP contribution in [-0.2, 0) is 9.59 Å². The summed E-state index contributed by atoms with van der Waals surface area (Å²) < 4.78 is 0. The van der Waals surface area contributed by atoms with Crippen LogP contribution in [0, 0.1) is 27.7 Å². The van der Waals surface area contributed by atoms with Gasteiger partial charge in [-0.1, -0.05) is 35.4 Å². The Morgan fingerprint density at radius 3 is 2.15 bits per heavy atom. The van der Waals surface area contributed by atoms with Crippen molar-refractivity contribution in [2.75, 3.05) is 15.5 Å². The van der Waals surface area contributed by atoms with Crippen LogP contribution in [0.3, 0.4) is 0 Å². The van der Waals surface area contributed by atoms with E-state index in [1.165, 1.54) is 0 Å². The van der Waals surface area contributed by atoms with E-state index in [-0.39, 0.29) is 16.6 Å². The first-order valence-corrected chi connectivity index (χ1v) is 11.1. The molecule has 0 spiro atoms. The second kappa shape index (κ2) is 9.15. The van der Waals surface area contributed by atoms with Crippen LogP contribution in [0.25, 0.3) is 0 Å². The van der Waals surface area contributed by atoms with Crippen molar-refractivity contribution in [3.8, 4) is 0 Å².